The Morgan fingerprint density at radius 2 is 0.693 bits per heavy atom. The van der Waals surface area contributed by atoms with E-state index < -0.39 is 43.6 Å². The quantitative estimate of drug-likeness (QED) is 0.0654. The van der Waals surface area contributed by atoms with E-state index in [2.05, 4.69) is 55.4 Å². The van der Waals surface area contributed by atoms with Crippen molar-refractivity contribution in [3.63, 3.8) is 0 Å². The molecule has 0 saturated carbocycles. The number of nitrogens with zero attached hydrogens (tertiary/aromatic N) is 2. The maximum Gasteiger partial charge on any atom is 0.432 e. The summed E-state index contributed by atoms with van der Waals surface area (Å²) < 4.78 is 94.7. The molecule has 75 heavy (non-hydrogen) atoms. The lowest BCUT2D eigenvalue weighted by Crippen LogP contribution is -2.33. The van der Waals surface area contributed by atoms with Gasteiger partial charge in [-0.15, -0.1) is 4.08 Å². The second-order valence-electron chi connectivity index (χ2n) is 20.6. The van der Waals surface area contributed by atoms with E-state index in [1.165, 1.54) is 8.15 Å². The van der Waals surface area contributed by atoms with Crippen molar-refractivity contribution in [2.24, 2.45) is 0 Å². The van der Waals surface area contributed by atoms with Gasteiger partial charge in [0.2, 0.25) is 0 Å². The molecule has 10 nitrogen and oxygen atoms in total. The Hall–Kier alpha value is -5.74. The maximum atomic E-state index is 16.0. The molecule has 0 aromatic heterocycles. The maximum absolute atomic E-state index is 16.0. The molecule has 0 N–H and O–H groups in total. The van der Waals surface area contributed by atoms with Crippen molar-refractivity contribution in [1.29, 1.82) is 0 Å². The van der Waals surface area contributed by atoms with Crippen LogP contribution >= 0.6 is 17.1 Å². The molecule has 396 valence electrons. The van der Waals surface area contributed by atoms with Crippen molar-refractivity contribution in [2.75, 3.05) is 4.08 Å². The van der Waals surface area contributed by atoms with Crippen LogP contribution in [0, 0.1) is 41.5 Å². The summed E-state index contributed by atoms with van der Waals surface area (Å²) in [5, 5.41) is 0. The Morgan fingerprint density at radius 3 is 1.04 bits per heavy atom. The molecule has 0 spiro atoms. The van der Waals surface area contributed by atoms with Crippen molar-refractivity contribution in [1.82, 2.24) is 4.08 Å². The third-order valence-corrected chi connectivity index (χ3v) is 20.4. The first-order valence-corrected chi connectivity index (χ1v) is 30.6. The predicted molar refractivity (Wildman–Crippen MR) is 309 cm³/mol. The van der Waals surface area contributed by atoms with E-state index in [0.717, 1.165) is 55.6 Å². The number of sulfonamides is 2. The standard InChI is InChI=1S/C61H72N2O8P2S2/c1-40(2)53-31-23-46(11)35-58(53)68-72(69-59-36-47(12)24-32-54(59)41(3)4)62(74(64,65)51-27-19-44(9)20-28-51)39-50-17-15-16-18-57(50)63(75(66,67)52-29-21-45(10)22-30-52)73(70-60-37-48(13)25-33-55(60)42(5)6)71-61-38-49(14)26-34-56(61)43(7)8/h15-38,40-43H,39H2,1-14H3. The minimum Gasteiger partial charge on any atom is -0.426 e. The third kappa shape index (κ3) is 13.5. The van der Waals surface area contributed by atoms with Gasteiger partial charge < -0.3 is 18.1 Å². The van der Waals surface area contributed by atoms with Crippen LogP contribution in [-0.2, 0) is 26.6 Å². The number of anilines is 1. The predicted octanol–water partition coefficient (Wildman–Crippen LogP) is 17.2. The van der Waals surface area contributed by atoms with Crippen LogP contribution in [0.2, 0.25) is 0 Å². The molecule has 0 bridgehead atoms. The molecular formula is C61H72N2O8P2S2. The fourth-order valence-corrected chi connectivity index (χ4v) is 15.4. The summed E-state index contributed by atoms with van der Waals surface area (Å²) >= 11 is 0. The highest BCUT2D eigenvalue weighted by atomic mass is 32.2. The number of hydrogen-bond acceptors (Lipinski definition) is 8. The van der Waals surface area contributed by atoms with Gasteiger partial charge in [-0.3, -0.25) is 0 Å². The highest BCUT2D eigenvalue weighted by Gasteiger charge is 2.43. The molecule has 0 heterocycles. The number of aryl methyl sites for hydroxylation is 6. The SMILES string of the molecule is Cc1ccc(S(=O)(=O)N(Cc2ccccc2N(P(Oc2cc(C)ccc2C(C)C)Oc2cc(C)ccc2C(C)C)S(=O)(=O)c2ccc(C)cc2)P(Oc2cc(C)ccc2C(C)C)Oc2cc(C)ccc2C(C)C)cc1. The molecule has 0 atom stereocenters. The lowest BCUT2D eigenvalue weighted by Gasteiger charge is -2.34. The van der Waals surface area contributed by atoms with Gasteiger partial charge >= 0.3 is 17.1 Å². The highest BCUT2D eigenvalue weighted by Crippen LogP contribution is 2.55. The van der Waals surface area contributed by atoms with E-state index in [1.54, 1.807) is 72.8 Å². The van der Waals surface area contributed by atoms with E-state index in [1.807, 2.05) is 114 Å². The van der Waals surface area contributed by atoms with Crippen LogP contribution in [-0.4, -0.2) is 20.9 Å². The summed E-state index contributed by atoms with van der Waals surface area (Å²) in [6.07, 6.45) is 0. The minimum absolute atomic E-state index is 0.000426. The molecule has 0 fully saturated rings. The molecule has 0 aliphatic heterocycles. The molecule has 0 saturated heterocycles. The second kappa shape index (κ2) is 24.1. The highest BCUT2D eigenvalue weighted by molar-refractivity contribution is 7.99. The van der Waals surface area contributed by atoms with Crippen LogP contribution in [0.5, 0.6) is 23.0 Å². The Morgan fingerprint density at radius 1 is 0.387 bits per heavy atom. The molecule has 0 amide bonds. The fourth-order valence-electron chi connectivity index (χ4n) is 8.48. The molecule has 7 aromatic carbocycles. The van der Waals surface area contributed by atoms with Gasteiger partial charge in [0, 0.05) is 0 Å². The summed E-state index contributed by atoms with van der Waals surface area (Å²) in [5.41, 5.74) is 9.27. The van der Waals surface area contributed by atoms with Gasteiger partial charge in [0.05, 0.1) is 22.0 Å². The van der Waals surface area contributed by atoms with Crippen molar-refractivity contribution in [3.05, 3.63) is 207 Å². The monoisotopic (exact) mass is 1090 g/mol. The van der Waals surface area contributed by atoms with Crippen LogP contribution in [0.1, 0.15) is 140 Å². The largest absolute Gasteiger partial charge is 0.432 e. The average molecular weight is 1090 g/mol. The van der Waals surface area contributed by atoms with E-state index >= 15 is 16.8 Å². The fraction of sp³-hybridized carbons (Fsp3) is 0.311. The van der Waals surface area contributed by atoms with Crippen molar-refractivity contribution < 1.29 is 34.9 Å². The Bertz CT molecular complexity index is 3230. The van der Waals surface area contributed by atoms with E-state index in [9.17, 15) is 0 Å². The molecule has 14 heteroatoms. The Kier molecular flexibility index (Phi) is 18.3. The summed E-state index contributed by atoms with van der Waals surface area (Å²) in [7, 11) is -14.5. The van der Waals surface area contributed by atoms with Gasteiger partial charge in [0.15, 0.2) is 0 Å². The van der Waals surface area contributed by atoms with E-state index in [4.69, 9.17) is 18.1 Å². The molecule has 0 aliphatic carbocycles. The van der Waals surface area contributed by atoms with Gasteiger partial charge in [-0.2, -0.15) is 4.08 Å². The molecule has 7 aromatic rings. The normalized spacial score (nSPS) is 12.2. The first-order valence-electron chi connectivity index (χ1n) is 25.5. The lowest BCUT2D eigenvalue weighted by atomic mass is 10.0. The van der Waals surface area contributed by atoms with Crippen LogP contribution in [0.4, 0.5) is 5.69 Å². The summed E-state index contributed by atoms with van der Waals surface area (Å²) in [4.78, 5) is -0.00469. The van der Waals surface area contributed by atoms with Crippen LogP contribution < -0.4 is 22.2 Å². The van der Waals surface area contributed by atoms with Crippen molar-refractivity contribution in [3.8, 4) is 23.0 Å². The topological polar surface area (TPSA) is 112 Å². The number of hydrogen-bond donors (Lipinski definition) is 0. The van der Waals surface area contributed by atoms with E-state index in [0.29, 0.717) is 28.6 Å². The summed E-state index contributed by atoms with van der Waals surface area (Å²) in [5.74, 6) is 1.85. The van der Waals surface area contributed by atoms with Gasteiger partial charge in [-0.05, 0) is 170 Å². The first-order chi connectivity index (χ1) is 35.4. The molecular weight excluding hydrogens is 1010 g/mol. The van der Waals surface area contributed by atoms with Gasteiger partial charge in [-0.25, -0.2) is 16.8 Å². The lowest BCUT2D eigenvalue weighted by molar-refractivity contribution is 0.412. The zero-order valence-electron chi connectivity index (χ0n) is 45.7. The number of para-hydroxylation sites is 1. The number of rotatable bonds is 21. The molecule has 7 rings (SSSR count). The Balaban J connectivity index is 1.54. The average Bonchev–Trinajstić information content (AvgIpc) is 3.33. The second-order valence-corrected chi connectivity index (χ2v) is 27.4. The molecule has 0 aliphatic rings. The Labute approximate surface area is 450 Å². The van der Waals surface area contributed by atoms with Crippen LogP contribution in [0.15, 0.2) is 155 Å². The van der Waals surface area contributed by atoms with Gasteiger partial charge in [0.1, 0.15) is 23.0 Å². The van der Waals surface area contributed by atoms with Crippen LogP contribution in [0.3, 0.4) is 0 Å². The molecule has 0 unspecified atom stereocenters. The van der Waals surface area contributed by atoms with Crippen molar-refractivity contribution >= 4 is 42.8 Å². The van der Waals surface area contributed by atoms with Gasteiger partial charge in [-0.1, -0.05) is 158 Å². The van der Waals surface area contributed by atoms with Gasteiger partial charge in [0.25, 0.3) is 20.0 Å². The summed E-state index contributed by atoms with van der Waals surface area (Å²) in [6, 6.07) is 43.9. The van der Waals surface area contributed by atoms with Crippen molar-refractivity contribution in [2.45, 2.75) is 137 Å². The minimum atomic E-state index is -4.62. The first kappa shape index (κ1) is 57.0. The molecule has 0 radical (unpaired) electrons. The zero-order chi connectivity index (χ0) is 54.5. The van der Waals surface area contributed by atoms with Crippen LogP contribution in [0.25, 0.3) is 0 Å². The van der Waals surface area contributed by atoms with E-state index in [-0.39, 0.29) is 39.1 Å². The zero-order valence-corrected chi connectivity index (χ0v) is 49.2. The third-order valence-electron chi connectivity index (χ3n) is 12.8. The summed E-state index contributed by atoms with van der Waals surface area (Å²) in [6.45, 7) is 27.7. The number of benzene rings is 7. The smallest absolute Gasteiger partial charge is 0.426 e.